The van der Waals surface area contributed by atoms with E-state index in [-0.39, 0.29) is 8.49 Å². The second-order valence-electron chi connectivity index (χ2n) is 2.70. The summed E-state index contributed by atoms with van der Waals surface area (Å²) in [5.74, 6) is 0.313. The highest BCUT2D eigenvalue weighted by molar-refractivity contribution is 8.84. The van der Waals surface area contributed by atoms with E-state index in [2.05, 4.69) is 11.5 Å². The fraction of sp³-hybridized carbons (Fsp3) is 0.111. The molecule has 1 aromatic rings. The van der Waals surface area contributed by atoms with Crippen molar-refractivity contribution in [3.8, 4) is 5.75 Å². The van der Waals surface area contributed by atoms with Crippen molar-refractivity contribution in [2.75, 3.05) is 0 Å². The van der Waals surface area contributed by atoms with Crippen LogP contribution in [0.3, 0.4) is 0 Å². The lowest BCUT2D eigenvalue weighted by atomic mass is 10.1. The van der Waals surface area contributed by atoms with Gasteiger partial charge in [0, 0.05) is 0 Å². The van der Waals surface area contributed by atoms with E-state index >= 15 is 0 Å². The van der Waals surface area contributed by atoms with Crippen LogP contribution in [0.5, 0.6) is 5.75 Å². The van der Waals surface area contributed by atoms with E-state index in [1.54, 1.807) is 22.9 Å². The Hall–Kier alpha value is -0.320. The Balaban J connectivity index is 2.22. The zero-order valence-electron chi connectivity index (χ0n) is 6.71. The Morgan fingerprint density at radius 2 is 2.00 bits per heavy atom. The molecule has 0 aliphatic carbocycles. The summed E-state index contributed by atoms with van der Waals surface area (Å²) in [5.41, 5.74) is 1.21. The first kappa shape index (κ1) is 9.24. The summed E-state index contributed by atoms with van der Waals surface area (Å²) >= 11 is 5.16. The van der Waals surface area contributed by atoms with E-state index in [1.165, 1.54) is 5.56 Å². The molecule has 2 rings (SSSR count). The molecular formula is C9H8OS3. The first-order valence-corrected chi connectivity index (χ1v) is 7.41. The van der Waals surface area contributed by atoms with E-state index in [4.69, 9.17) is 16.3 Å². The zero-order chi connectivity index (χ0) is 9.26. The minimum absolute atomic E-state index is 0.0518. The molecule has 4 heteroatoms. The minimum Gasteiger partial charge on any atom is -0.508 e. The molecule has 0 saturated carbocycles. The van der Waals surface area contributed by atoms with Crippen LogP contribution >= 0.6 is 10.8 Å². The van der Waals surface area contributed by atoms with Crippen LogP contribution in [-0.2, 0) is 19.7 Å². The maximum Gasteiger partial charge on any atom is 0.115 e. The maximum absolute atomic E-state index is 9.11. The van der Waals surface area contributed by atoms with Crippen molar-refractivity contribution in [1.82, 2.24) is 0 Å². The van der Waals surface area contributed by atoms with Crippen LogP contribution in [-0.4, -0.2) is 5.11 Å². The number of aromatic hydroxyl groups is 1. The monoisotopic (exact) mass is 228 g/mol. The Labute approximate surface area is 87.8 Å². The van der Waals surface area contributed by atoms with Gasteiger partial charge >= 0.3 is 0 Å². The van der Waals surface area contributed by atoms with E-state index in [0.29, 0.717) is 11.0 Å². The number of hydrogen-bond acceptors (Lipinski definition) is 3. The fourth-order valence-corrected chi connectivity index (χ4v) is 4.67. The van der Waals surface area contributed by atoms with Gasteiger partial charge in [0.25, 0.3) is 0 Å². The van der Waals surface area contributed by atoms with Crippen LogP contribution in [0.2, 0.25) is 0 Å². The molecule has 1 aliphatic heterocycles. The third-order valence-electron chi connectivity index (χ3n) is 1.78. The van der Waals surface area contributed by atoms with Gasteiger partial charge in [-0.25, -0.2) is 0 Å². The fourth-order valence-electron chi connectivity index (χ4n) is 1.13. The number of phenolic OH excluding ortho intramolecular Hbond substituents is 1. The summed E-state index contributed by atoms with van der Waals surface area (Å²) in [7, 11) is 1.72. The van der Waals surface area contributed by atoms with Crippen LogP contribution in [0.1, 0.15) is 10.8 Å². The molecule has 13 heavy (non-hydrogen) atoms. The SMILES string of the molecule is Oc1ccc(C2C=CS(=S)S2)cc1. The Morgan fingerprint density at radius 1 is 1.31 bits per heavy atom. The third-order valence-corrected chi connectivity index (χ3v) is 5.56. The van der Waals surface area contributed by atoms with E-state index in [9.17, 15) is 0 Å². The van der Waals surface area contributed by atoms with Gasteiger partial charge in [-0.05, 0) is 42.8 Å². The molecule has 0 bridgehead atoms. The standard InChI is InChI=1S/C9H8OS3/c10-8-3-1-7(2-4-8)9-5-6-13(11)12-9/h1-6,9-10H. The lowest BCUT2D eigenvalue weighted by molar-refractivity contribution is 0.475. The molecule has 1 aliphatic rings. The number of rotatable bonds is 1. The molecule has 2 unspecified atom stereocenters. The van der Waals surface area contributed by atoms with Gasteiger partial charge in [0.05, 0.1) is 5.25 Å². The lowest BCUT2D eigenvalue weighted by Crippen LogP contribution is -1.85. The molecule has 0 spiro atoms. The van der Waals surface area contributed by atoms with Crippen molar-refractivity contribution in [2.24, 2.45) is 0 Å². The lowest BCUT2D eigenvalue weighted by Gasteiger charge is -2.06. The van der Waals surface area contributed by atoms with E-state index in [1.807, 2.05) is 12.1 Å². The molecule has 0 amide bonds. The van der Waals surface area contributed by atoms with E-state index in [0.717, 1.165) is 0 Å². The Bertz CT molecular complexity index is 356. The average molecular weight is 228 g/mol. The number of benzene rings is 1. The highest BCUT2D eigenvalue weighted by Gasteiger charge is 2.14. The highest BCUT2D eigenvalue weighted by Crippen LogP contribution is 2.38. The van der Waals surface area contributed by atoms with Crippen LogP contribution in [0.4, 0.5) is 0 Å². The Kier molecular flexibility index (Phi) is 2.71. The van der Waals surface area contributed by atoms with Gasteiger partial charge in [-0.3, -0.25) is 0 Å². The molecular weight excluding hydrogens is 220 g/mol. The molecule has 0 fully saturated rings. The van der Waals surface area contributed by atoms with Gasteiger partial charge in [0.2, 0.25) is 0 Å². The molecule has 68 valence electrons. The molecule has 1 aromatic carbocycles. The summed E-state index contributed by atoms with van der Waals surface area (Å²) in [6.07, 6.45) is 2.13. The predicted octanol–water partition coefficient (Wildman–Crippen LogP) is 2.69. The first-order chi connectivity index (χ1) is 6.25. The normalized spacial score (nSPS) is 26.5. The number of phenols is 1. The van der Waals surface area contributed by atoms with Crippen LogP contribution < -0.4 is 0 Å². The summed E-state index contributed by atoms with van der Waals surface area (Å²) in [4.78, 5) is 0. The van der Waals surface area contributed by atoms with Crippen molar-refractivity contribution in [2.45, 2.75) is 5.25 Å². The summed E-state index contributed by atoms with van der Waals surface area (Å²) in [6, 6.07) is 7.30. The van der Waals surface area contributed by atoms with Crippen molar-refractivity contribution < 1.29 is 5.11 Å². The largest absolute Gasteiger partial charge is 0.508 e. The van der Waals surface area contributed by atoms with Crippen molar-refractivity contribution in [3.05, 3.63) is 41.3 Å². The molecule has 0 radical (unpaired) electrons. The van der Waals surface area contributed by atoms with E-state index < -0.39 is 0 Å². The van der Waals surface area contributed by atoms with Crippen molar-refractivity contribution >= 4 is 30.5 Å². The van der Waals surface area contributed by atoms with Crippen molar-refractivity contribution in [1.29, 1.82) is 0 Å². The summed E-state index contributed by atoms with van der Waals surface area (Å²) in [6.45, 7) is 0. The minimum atomic E-state index is -0.0518. The van der Waals surface area contributed by atoms with Gasteiger partial charge < -0.3 is 5.11 Å². The molecule has 2 atom stereocenters. The quantitative estimate of drug-likeness (QED) is 0.746. The maximum atomic E-state index is 9.11. The van der Waals surface area contributed by atoms with Crippen LogP contribution in [0.25, 0.3) is 0 Å². The second-order valence-corrected chi connectivity index (χ2v) is 7.56. The predicted molar refractivity (Wildman–Crippen MR) is 62.3 cm³/mol. The van der Waals surface area contributed by atoms with Crippen LogP contribution in [0.15, 0.2) is 35.7 Å². The highest BCUT2D eigenvalue weighted by atomic mass is 33.3. The van der Waals surface area contributed by atoms with Crippen LogP contribution in [0, 0.1) is 0 Å². The van der Waals surface area contributed by atoms with Gasteiger partial charge in [0.15, 0.2) is 0 Å². The Morgan fingerprint density at radius 3 is 2.54 bits per heavy atom. The summed E-state index contributed by atoms with van der Waals surface area (Å²) in [5, 5.41) is 11.6. The zero-order valence-corrected chi connectivity index (χ0v) is 9.16. The molecule has 0 saturated heterocycles. The molecule has 1 N–H and O–H groups in total. The summed E-state index contributed by atoms with van der Waals surface area (Å²) < 4.78 is 0. The molecule has 1 nitrogen and oxygen atoms in total. The van der Waals surface area contributed by atoms with Gasteiger partial charge in [-0.15, -0.1) is 0 Å². The smallest absolute Gasteiger partial charge is 0.115 e. The van der Waals surface area contributed by atoms with Crippen molar-refractivity contribution in [3.63, 3.8) is 0 Å². The molecule has 1 heterocycles. The third kappa shape index (κ3) is 2.13. The van der Waals surface area contributed by atoms with Gasteiger partial charge in [-0.1, -0.05) is 29.0 Å². The number of hydrogen-bond donors (Lipinski definition) is 1. The van der Waals surface area contributed by atoms with Gasteiger partial charge in [0.1, 0.15) is 5.75 Å². The van der Waals surface area contributed by atoms with Gasteiger partial charge in [-0.2, -0.15) is 0 Å². The second kappa shape index (κ2) is 3.82. The molecule has 0 aromatic heterocycles. The average Bonchev–Trinajstić information content (AvgIpc) is 2.53. The first-order valence-electron chi connectivity index (χ1n) is 3.81. The topological polar surface area (TPSA) is 20.2 Å².